The molecule has 0 saturated carbocycles. The van der Waals surface area contributed by atoms with Crippen LogP contribution in [0.15, 0.2) is 60.8 Å². The van der Waals surface area contributed by atoms with E-state index >= 15 is 0 Å². The number of hydrogen-bond acceptors (Lipinski definition) is 6. The monoisotopic (exact) mass is 430 g/mol. The molecule has 3 amide bonds. The van der Waals surface area contributed by atoms with Gasteiger partial charge >= 0.3 is 6.03 Å². The van der Waals surface area contributed by atoms with Crippen LogP contribution in [0.25, 0.3) is 0 Å². The predicted molar refractivity (Wildman–Crippen MR) is 119 cm³/mol. The van der Waals surface area contributed by atoms with E-state index in [0.29, 0.717) is 34.6 Å². The van der Waals surface area contributed by atoms with Crippen molar-refractivity contribution in [2.45, 2.75) is 13.0 Å². The molecule has 0 atom stereocenters. The Kier molecular flexibility index (Phi) is 7.35. The standard InChI is InChI=1S/C23H22N6O3/c1-26-23(31)28-21-12-17(9-10-27-21)11-19-18(3-2-4-20(19)25)22(30)29-32-14-16-7-5-15(13-24)6-8-16/h2-10,12H,11,14,25H2,1H3,(H,29,30)(H2,26,27,28,31). The summed E-state index contributed by atoms with van der Waals surface area (Å²) in [4.78, 5) is 33.7. The van der Waals surface area contributed by atoms with Gasteiger partial charge in [0.05, 0.1) is 18.2 Å². The van der Waals surface area contributed by atoms with Gasteiger partial charge in [-0.1, -0.05) is 18.2 Å². The number of nitrogens with zero attached hydrogens (tertiary/aromatic N) is 2. The Labute approximate surface area is 185 Å². The second kappa shape index (κ2) is 10.6. The number of amides is 3. The first-order chi connectivity index (χ1) is 15.5. The molecule has 3 rings (SSSR count). The Balaban J connectivity index is 1.70. The van der Waals surface area contributed by atoms with Crippen molar-refractivity contribution in [2.75, 3.05) is 18.1 Å². The fraction of sp³-hybridized carbons (Fsp3) is 0.130. The number of benzene rings is 2. The fourth-order valence-electron chi connectivity index (χ4n) is 2.97. The zero-order valence-electron chi connectivity index (χ0n) is 17.4. The lowest BCUT2D eigenvalue weighted by Crippen LogP contribution is -2.25. The number of hydroxylamine groups is 1. The van der Waals surface area contributed by atoms with Gasteiger partial charge in [0.25, 0.3) is 5.91 Å². The highest BCUT2D eigenvalue weighted by Gasteiger charge is 2.15. The van der Waals surface area contributed by atoms with Gasteiger partial charge in [0.2, 0.25) is 0 Å². The number of aromatic nitrogens is 1. The van der Waals surface area contributed by atoms with Crippen molar-refractivity contribution >= 4 is 23.4 Å². The Morgan fingerprint density at radius 1 is 1.12 bits per heavy atom. The highest BCUT2D eigenvalue weighted by molar-refractivity contribution is 5.96. The summed E-state index contributed by atoms with van der Waals surface area (Å²) in [7, 11) is 1.51. The minimum Gasteiger partial charge on any atom is -0.398 e. The Morgan fingerprint density at radius 2 is 1.91 bits per heavy atom. The molecule has 32 heavy (non-hydrogen) atoms. The van der Waals surface area contributed by atoms with Crippen molar-refractivity contribution in [2.24, 2.45) is 0 Å². The Bertz CT molecular complexity index is 1160. The zero-order valence-corrected chi connectivity index (χ0v) is 17.4. The van der Waals surface area contributed by atoms with E-state index in [2.05, 4.69) is 21.1 Å². The van der Waals surface area contributed by atoms with Crippen LogP contribution in [0.4, 0.5) is 16.3 Å². The molecular weight excluding hydrogens is 408 g/mol. The summed E-state index contributed by atoms with van der Waals surface area (Å²) in [5.74, 6) is -0.0492. The smallest absolute Gasteiger partial charge is 0.320 e. The molecule has 1 aromatic heterocycles. The number of urea groups is 1. The van der Waals surface area contributed by atoms with Gasteiger partial charge in [0, 0.05) is 30.9 Å². The molecule has 9 heteroatoms. The number of hydrogen-bond donors (Lipinski definition) is 4. The summed E-state index contributed by atoms with van der Waals surface area (Å²) in [6.07, 6.45) is 1.93. The largest absolute Gasteiger partial charge is 0.398 e. The number of pyridine rings is 1. The van der Waals surface area contributed by atoms with Crippen LogP contribution >= 0.6 is 0 Å². The number of anilines is 2. The topological polar surface area (TPSA) is 142 Å². The number of nitriles is 1. The quantitative estimate of drug-likeness (QED) is 0.335. The predicted octanol–water partition coefficient (Wildman–Crippen LogP) is 2.74. The first-order valence-electron chi connectivity index (χ1n) is 9.72. The number of carbonyl (C=O) groups is 2. The van der Waals surface area contributed by atoms with Crippen LogP contribution in [0, 0.1) is 11.3 Å². The van der Waals surface area contributed by atoms with Crippen LogP contribution in [0.3, 0.4) is 0 Å². The maximum Gasteiger partial charge on any atom is 0.320 e. The summed E-state index contributed by atoms with van der Waals surface area (Å²) in [6, 6.07) is 17.1. The number of nitrogens with two attached hydrogens (primary N) is 1. The fourth-order valence-corrected chi connectivity index (χ4v) is 2.97. The SMILES string of the molecule is CNC(=O)Nc1cc(Cc2c(N)cccc2C(=O)NOCc2ccc(C#N)cc2)ccn1. The molecular formula is C23H22N6O3. The average Bonchev–Trinajstić information content (AvgIpc) is 2.81. The van der Waals surface area contributed by atoms with Crippen LogP contribution in [-0.2, 0) is 17.9 Å². The lowest BCUT2D eigenvalue weighted by molar-refractivity contribution is 0.0233. The van der Waals surface area contributed by atoms with E-state index in [-0.39, 0.29) is 12.6 Å². The molecule has 0 radical (unpaired) electrons. The molecule has 0 fully saturated rings. The van der Waals surface area contributed by atoms with E-state index < -0.39 is 5.91 Å². The lowest BCUT2D eigenvalue weighted by atomic mass is 9.98. The third kappa shape index (κ3) is 5.81. The van der Waals surface area contributed by atoms with Crippen molar-refractivity contribution in [3.8, 4) is 6.07 Å². The van der Waals surface area contributed by atoms with Gasteiger partial charge < -0.3 is 11.1 Å². The van der Waals surface area contributed by atoms with E-state index in [1.54, 1.807) is 60.8 Å². The van der Waals surface area contributed by atoms with Crippen molar-refractivity contribution in [1.29, 1.82) is 5.26 Å². The second-order valence-electron chi connectivity index (χ2n) is 6.83. The minimum absolute atomic E-state index is 0.147. The molecule has 1 heterocycles. The highest BCUT2D eigenvalue weighted by Crippen LogP contribution is 2.22. The Hall–Kier alpha value is -4.42. The summed E-state index contributed by atoms with van der Waals surface area (Å²) in [5, 5.41) is 13.9. The molecule has 9 nitrogen and oxygen atoms in total. The van der Waals surface area contributed by atoms with Gasteiger partial charge in [-0.2, -0.15) is 5.26 Å². The highest BCUT2D eigenvalue weighted by atomic mass is 16.6. The molecule has 0 unspecified atom stereocenters. The molecule has 0 saturated heterocycles. The van der Waals surface area contributed by atoms with Crippen LogP contribution in [0.1, 0.15) is 32.6 Å². The third-order valence-electron chi connectivity index (χ3n) is 4.62. The van der Waals surface area contributed by atoms with E-state index in [1.807, 2.05) is 6.07 Å². The van der Waals surface area contributed by atoms with Crippen LogP contribution in [-0.4, -0.2) is 24.0 Å². The lowest BCUT2D eigenvalue weighted by Gasteiger charge is -2.13. The maximum atomic E-state index is 12.7. The summed E-state index contributed by atoms with van der Waals surface area (Å²) in [5.41, 5.74) is 12.2. The molecule has 3 aromatic rings. The van der Waals surface area contributed by atoms with Gasteiger partial charge in [0.15, 0.2) is 0 Å². The second-order valence-corrected chi connectivity index (χ2v) is 6.83. The van der Waals surface area contributed by atoms with Crippen molar-refractivity contribution < 1.29 is 14.4 Å². The first kappa shape index (κ1) is 22.3. The number of rotatable bonds is 7. The zero-order chi connectivity index (χ0) is 22.9. The minimum atomic E-state index is -0.432. The maximum absolute atomic E-state index is 12.7. The van der Waals surface area contributed by atoms with Gasteiger partial charge in [-0.25, -0.2) is 15.3 Å². The average molecular weight is 430 g/mol. The third-order valence-corrected chi connectivity index (χ3v) is 4.62. The van der Waals surface area contributed by atoms with E-state index in [1.165, 1.54) is 7.05 Å². The number of carbonyl (C=O) groups excluding carboxylic acids is 2. The summed E-state index contributed by atoms with van der Waals surface area (Å²) < 4.78 is 0. The molecule has 0 spiro atoms. The Morgan fingerprint density at radius 3 is 2.62 bits per heavy atom. The molecule has 162 valence electrons. The molecule has 2 aromatic carbocycles. The molecule has 5 N–H and O–H groups in total. The van der Waals surface area contributed by atoms with Crippen molar-refractivity contribution in [3.05, 3.63) is 88.6 Å². The summed E-state index contributed by atoms with van der Waals surface area (Å²) in [6.45, 7) is 0.147. The van der Waals surface area contributed by atoms with E-state index in [9.17, 15) is 9.59 Å². The summed E-state index contributed by atoms with van der Waals surface area (Å²) >= 11 is 0. The first-order valence-corrected chi connectivity index (χ1v) is 9.72. The number of nitrogen functional groups attached to an aromatic ring is 1. The van der Waals surface area contributed by atoms with E-state index in [4.69, 9.17) is 15.8 Å². The molecule has 0 aliphatic rings. The number of nitrogens with one attached hydrogen (secondary N) is 3. The molecule has 0 aliphatic carbocycles. The van der Waals surface area contributed by atoms with E-state index in [0.717, 1.165) is 11.1 Å². The van der Waals surface area contributed by atoms with Crippen LogP contribution in [0.5, 0.6) is 0 Å². The van der Waals surface area contributed by atoms with Gasteiger partial charge in [-0.15, -0.1) is 0 Å². The van der Waals surface area contributed by atoms with Gasteiger partial charge in [0.1, 0.15) is 5.82 Å². The molecule has 0 bridgehead atoms. The van der Waals surface area contributed by atoms with Crippen molar-refractivity contribution in [3.63, 3.8) is 0 Å². The van der Waals surface area contributed by atoms with Gasteiger partial charge in [-0.3, -0.25) is 14.9 Å². The normalized spacial score (nSPS) is 10.1. The van der Waals surface area contributed by atoms with Crippen LogP contribution in [0.2, 0.25) is 0 Å². The van der Waals surface area contributed by atoms with Crippen LogP contribution < -0.4 is 21.8 Å². The molecule has 0 aliphatic heterocycles. The van der Waals surface area contributed by atoms with Gasteiger partial charge in [-0.05, 0) is 53.1 Å². The van der Waals surface area contributed by atoms with Crippen molar-refractivity contribution in [1.82, 2.24) is 15.8 Å².